The number of benzene rings is 2. The van der Waals surface area contributed by atoms with Crippen molar-refractivity contribution in [3.8, 4) is 11.5 Å². The Morgan fingerprint density at radius 3 is 2.55 bits per heavy atom. The molecule has 0 saturated heterocycles. The second-order valence-corrected chi connectivity index (χ2v) is 4.37. The summed E-state index contributed by atoms with van der Waals surface area (Å²) in [7, 11) is 0. The highest BCUT2D eigenvalue weighted by Gasteiger charge is 2.03. The molecule has 0 aliphatic rings. The van der Waals surface area contributed by atoms with Crippen LogP contribution in [0.5, 0.6) is 11.5 Å². The Labute approximate surface area is 122 Å². The van der Waals surface area contributed by atoms with Crippen molar-refractivity contribution in [2.24, 2.45) is 5.16 Å². The van der Waals surface area contributed by atoms with Crippen LogP contribution in [0.2, 0.25) is 5.02 Å². The zero-order valence-electron chi connectivity index (χ0n) is 10.7. The average Bonchev–Trinajstić information content (AvgIpc) is 2.47. The van der Waals surface area contributed by atoms with Crippen molar-refractivity contribution in [2.75, 3.05) is 13.2 Å². The highest BCUT2D eigenvalue weighted by Crippen LogP contribution is 2.21. The Bertz CT molecular complexity index is 573. The average molecular weight is 292 g/mol. The van der Waals surface area contributed by atoms with Gasteiger partial charge in [0.15, 0.2) is 0 Å². The van der Waals surface area contributed by atoms with Crippen LogP contribution in [0.25, 0.3) is 0 Å². The second-order valence-electron chi connectivity index (χ2n) is 3.94. The van der Waals surface area contributed by atoms with E-state index in [0.29, 0.717) is 29.5 Å². The highest BCUT2D eigenvalue weighted by atomic mass is 35.5. The van der Waals surface area contributed by atoms with Crippen molar-refractivity contribution in [1.82, 2.24) is 0 Å². The molecular weight excluding hydrogens is 278 g/mol. The summed E-state index contributed by atoms with van der Waals surface area (Å²) in [4.78, 5) is 0. The lowest BCUT2D eigenvalue weighted by atomic mass is 10.2. The Kier molecular flexibility index (Phi) is 5.26. The van der Waals surface area contributed by atoms with Gasteiger partial charge in [0.05, 0.1) is 6.21 Å². The zero-order valence-corrected chi connectivity index (χ0v) is 11.5. The third-order valence-corrected chi connectivity index (χ3v) is 2.76. The highest BCUT2D eigenvalue weighted by molar-refractivity contribution is 6.30. The molecule has 0 fully saturated rings. The largest absolute Gasteiger partial charge is 0.490 e. The van der Waals surface area contributed by atoms with Gasteiger partial charge < -0.3 is 14.7 Å². The van der Waals surface area contributed by atoms with Gasteiger partial charge in [-0.2, -0.15) is 0 Å². The van der Waals surface area contributed by atoms with Gasteiger partial charge in [0.1, 0.15) is 24.7 Å². The molecule has 2 rings (SSSR count). The third-order valence-electron chi connectivity index (χ3n) is 2.52. The number of hydrogen-bond donors (Lipinski definition) is 1. The minimum atomic E-state index is 0.378. The number of rotatable bonds is 6. The molecule has 0 amide bonds. The van der Waals surface area contributed by atoms with Crippen LogP contribution in [0.1, 0.15) is 5.56 Å². The first-order valence-electron chi connectivity index (χ1n) is 6.07. The van der Waals surface area contributed by atoms with Crippen LogP contribution in [0.4, 0.5) is 0 Å². The quantitative estimate of drug-likeness (QED) is 0.383. The third kappa shape index (κ3) is 4.17. The maximum Gasteiger partial charge on any atom is 0.128 e. The topological polar surface area (TPSA) is 51.1 Å². The normalized spacial score (nSPS) is 10.7. The van der Waals surface area contributed by atoms with E-state index in [0.717, 1.165) is 5.75 Å². The van der Waals surface area contributed by atoms with E-state index < -0.39 is 0 Å². The van der Waals surface area contributed by atoms with E-state index in [2.05, 4.69) is 5.16 Å². The molecule has 0 saturated carbocycles. The summed E-state index contributed by atoms with van der Waals surface area (Å²) in [5.74, 6) is 1.38. The fraction of sp³-hybridized carbons (Fsp3) is 0.133. The van der Waals surface area contributed by atoms with Gasteiger partial charge in [-0.3, -0.25) is 0 Å². The molecule has 0 spiro atoms. The standard InChI is InChI=1S/C15H14ClNO3/c16-13-6-7-15(12(10-13)11-17-18)20-9-8-19-14-4-2-1-3-5-14/h1-7,10-11,18H,8-9H2. The smallest absolute Gasteiger partial charge is 0.128 e. The van der Waals surface area contributed by atoms with E-state index in [1.54, 1.807) is 18.2 Å². The first-order valence-corrected chi connectivity index (χ1v) is 6.45. The van der Waals surface area contributed by atoms with Gasteiger partial charge in [0.25, 0.3) is 0 Å². The molecule has 104 valence electrons. The number of hydrogen-bond acceptors (Lipinski definition) is 4. The Morgan fingerprint density at radius 1 is 1.05 bits per heavy atom. The van der Waals surface area contributed by atoms with E-state index >= 15 is 0 Å². The van der Waals surface area contributed by atoms with Gasteiger partial charge >= 0.3 is 0 Å². The molecule has 0 aromatic heterocycles. The van der Waals surface area contributed by atoms with Crippen LogP contribution in [-0.4, -0.2) is 24.6 Å². The fourth-order valence-electron chi connectivity index (χ4n) is 1.64. The van der Waals surface area contributed by atoms with E-state index in [9.17, 15) is 0 Å². The molecule has 20 heavy (non-hydrogen) atoms. The lowest BCUT2D eigenvalue weighted by molar-refractivity contribution is 0.217. The van der Waals surface area contributed by atoms with Crippen molar-refractivity contribution in [1.29, 1.82) is 0 Å². The maximum absolute atomic E-state index is 8.60. The lowest BCUT2D eigenvalue weighted by Crippen LogP contribution is -2.09. The molecule has 5 heteroatoms. The van der Waals surface area contributed by atoms with Crippen molar-refractivity contribution < 1.29 is 14.7 Å². The van der Waals surface area contributed by atoms with Gasteiger partial charge in [0, 0.05) is 10.6 Å². The SMILES string of the molecule is ON=Cc1cc(Cl)ccc1OCCOc1ccccc1. The molecule has 2 aromatic carbocycles. The van der Waals surface area contributed by atoms with Gasteiger partial charge in [-0.15, -0.1) is 0 Å². The Balaban J connectivity index is 1.88. The molecule has 0 radical (unpaired) electrons. The van der Waals surface area contributed by atoms with E-state index in [1.165, 1.54) is 6.21 Å². The molecule has 0 aliphatic carbocycles. The number of ether oxygens (including phenoxy) is 2. The number of oxime groups is 1. The van der Waals surface area contributed by atoms with Gasteiger partial charge in [-0.1, -0.05) is 35.0 Å². The number of halogens is 1. The van der Waals surface area contributed by atoms with E-state index in [1.807, 2.05) is 30.3 Å². The minimum absolute atomic E-state index is 0.378. The first-order chi connectivity index (χ1) is 9.79. The summed E-state index contributed by atoms with van der Waals surface area (Å²) in [6.07, 6.45) is 1.28. The maximum atomic E-state index is 8.60. The molecule has 0 heterocycles. The van der Waals surface area contributed by atoms with Crippen molar-refractivity contribution in [3.63, 3.8) is 0 Å². The van der Waals surface area contributed by atoms with Crippen molar-refractivity contribution >= 4 is 17.8 Å². The molecule has 4 nitrogen and oxygen atoms in total. The number of nitrogens with zero attached hydrogens (tertiary/aromatic N) is 1. The van der Waals surface area contributed by atoms with Gasteiger partial charge in [-0.25, -0.2) is 0 Å². The molecule has 0 unspecified atom stereocenters. The molecular formula is C15H14ClNO3. The van der Waals surface area contributed by atoms with E-state index in [4.69, 9.17) is 26.3 Å². The van der Waals surface area contributed by atoms with Crippen LogP contribution < -0.4 is 9.47 Å². The van der Waals surface area contributed by atoms with Crippen LogP contribution in [0.15, 0.2) is 53.7 Å². The summed E-state index contributed by atoms with van der Waals surface area (Å²) in [5, 5.41) is 12.1. The fourth-order valence-corrected chi connectivity index (χ4v) is 1.82. The Morgan fingerprint density at radius 2 is 1.80 bits per heavy atom. The van der Waals surface area contributed by atoms with E-state index in [-0.39, 0.29) is 0 Å². The molecule has 0 aliphatic heterocycles. The molecule has 0 bridgehead atoms. The Hall–Kier alpha value is -2.20. The monoisotopic (exact) mass is 291 g/mol. The van der Waals surface area contributed by atoms with Gasteiger partial charge in [-0.05, 0) is 30.3 Å². The summed E-state index contributed by atoms with van der Waals surface area (Å²) in [6, 6.07) is 14.6. The molecule has 0 atom stereocenters. The minimum Gasteiger partial charge on any atom is -0.490 e. The predicted octanol–water partition coefficient (Wildman–Crippen LogP) is 3.61. The lowest BCUT2D eigenvalue weighted by Gasteiger charge is -2.10. The second kappa shape index (κ2) is 7.40. The summed E-state index contributed by atoms with van der Waals surface area (Å²) in [5.41, 5.74) is 0.611. The zero-order chi connectivity index (χ0) is 14.2. The summed E-state index contributed by atoms with van der Waals surface area (Å²) >= 11 is 5.87. The van der Waals surface area contributed by atoms with Crippen LogP contribution in [-0.2, 0) is 0 Å². The van der Waals surface area contributed by atoms with Gasteiger partial charge in [0.2, 0.25) is 0 Å². The molecule has 2 aromatic rings. The van der Waals surface area contributed by atoms with Crippen molar-refractivity contribution in [2.45, 2.75) is 0 Å². The predicted molar refractivity (Wildman–Crippen MR) is 78.3 cm³/mol. The van der Waals surface area contributed by atoms with Crippen LogP contribution >= 0.6 is 11.6 Å². The first kappa shape index (κ1) is 14.2. The number of para-hydroxylation sites is 1. The van der Waals surface area contributed by atoms with Crippen LogP contribution in [0, 0.1) is 0 Å². The summed E-state index contributed by atoms with van der Waals surface area (Å²) in [6.45, 7) is 0.797. The molecule has 1 N–H and O–H groups in total. The summed E-state index contributed by atoms with van der Waals surface area (Å²) < 4.78 is 11.1. The van der Waals surface area contributed by atoms with Crippen LogP contribution in [0.3, 0.4) is 0 Å². The van der Waals surface area contributed by atoms with Crippen molar-refractivity contribution in [3.05, 3.63) is 59.1 Å².